The fourth-order valence-electron chi connectivity index (χ4n) is 4.34. The van der Waals surface area contributed by atoms with Crippen molar-refractivity contribution < 1.29 is 9.47 Å². The number of nitrogens with zero attached hydrogens (tertiary/aromatic N) is 6. The van der Waals surface area contributed by atoms with Gasteiger partial charge >= 0.3 is 0 Å². The fourth-order valence-corrected chi connectivity index (χ4v) is 4.34. The second-order valence-corrected chi connectivity index (χ2v) is 9.20. The van der Waals surface area contributed by atoms with Crippen molar-refractivity contribution in [3.63, 3.8) is 0 Å². The molecule has 32 heavy (non-hydrogen) atoms. The van der Waals surface area contributed by atoms with Crippen molar-refractivity contribution in [1.82, 2.24) is 35.0 Å². The van der Waals surface area contributed by atoms with Crippen molar-refractivity contribution >= 4 is 10.9 Å². The molecular weight excluding hydrogens is 410 g/mol. The number of likely N-dealkylation sites (N-methyl/N-ethyl adjacent to an activating group) is 1. The quantitative estimate of drug-likeness (QED) is 0.641. The van der Waals surface area contributed by atoms with E-state index in [2.05, 4.69) is 58.1 Å². The number of rotatable bonds is 5. The first kappa shape index (κ1) is 20.9. The predicted octanol–water partition coefficient (Wildman–Crippen LogP) is 1.73. The summed E-state index contributed by atoms with van der Waals surface area (Å²) in [5, 5.41) is 13.6. The lowest BCUT2D eigenvalue weighted by Crippen LogP contribution is -2.48. The van der Waals surface area contributed by atoms with Gasteiger partial charge in [0.15, 0.2) is 17.3 Å². The van der Waals surface area contributed by atoms with E-state index < -0.39 is 0 Å². The van der Waals surface area contributed by atoms with Crippen LogP contribution in [0.15, 0.2) is 23.0 Å². The summed E-state index contributed by atoms with van der Waals surface area (Å²) >= 11 is 0. The molecule has 0 unspecified atom stereocenters. The monoisotopic (exact) mass is 439 g/mol. The molecule has 0 amide bonds. The van der Waals surface area contributed by atoms with Gasteiger partial charge < -0.3 is 19.4 Å². The van der Waals surface area contributed by atoms with E-state index in [-0.39, 0.29) is 23.9 Å². The summed E-state index contributed by atoms with van der Waals surface area (Å²) in [5.74, 6) is 2.01. The average Bonchev–Trinajstić information content (AvgIpc) is 3.44. The molecule has 10 nitrogen and oxygen atoms in total. The van der Waals surface area contributed by atoms with Crippen LogP contribution in [0.25, 0.3) is 10.9 Å². The van der Waals surface area contributed by atoms with Gasteiger partial charge in [0.1, 0.15) is 6.04 Å². The van der Waals surface area contributed by atoms with Crippen LogP contribution < -0.4 is 15.0 Å². The number of tetrazole rings is 1. The first-order valence-corrected chi connectivity index (χ1v) is 11.1. The minimum atomic E-state index is -0.358. The zero-order chi connectivity index (χ0) is 22.5. The number of nitrogens with one attached hydrogen (secondary N) is 1. The number of H-pyrrole nitrogens is 1. The molecule has 4 heterocycles. The van der Waals surface area contributed by atoms with Gasteiger partial charge in [-0.2, -0.15) is 0 Å². The van der Waals surface area contributed by atoms with Crippen molar-refractivity contribution in [1.29, 1.82) is 0 Å². The summed E-state index contributed by atoms with van der Waals surface area (Å²) in [5.41, 5.74) is 0.917. The molecule has 2 aliphatic heterocycles. The third-order valence-corrected chi connectivity index (χ3v) is 6.74. The summed E-state index contributed by atoms with van der Waals surface area (Å²) in [4.78, 5) is 21.0. The first-order valence-electron chi connectivity index (χ1n) is 11.1. The molecule has 5 rings (SSSR count). The molecule has 2 aromatic heterocycles. The maximum absolute atomic E-state index is 13.4. The first-order chi connectivity index (χ1) is 15.4. The van der Waals surface area contributed by atoms with E-state index >= 15 is 0 Å². The molecule has 0 bridgehead atoms. The standard InChI is InChI=1S/C22H29N7O3/c1-5-22(2,3)29-20(24-25-26-29)19(28-8-6-27(4)7-9-28)15-10-14-11-17-18(32-13-31-17)12-16(14)23-21(15)30/h10-12,19H,5-9,13H2,1-4H3,(H,23,30)/t19-/m1/s1. The molecule has 1 aromatic carbocycles. The second-order valence-electron chi connectivity index (χ2n) is 9.20. The van der Waals surface area contributed by atoms with Gasteiger partial charge in [-0.1, -0.05) is 6.92 Å². The third kappa shape index (κ3) is 3.53. The Hall–Kier alpha value is -2.98. The SMILES string of the molecule is CCC(C)(C)n1nnnc1[C@@H](c1cc2cc3c(cc2[nH]c1=O)OCO3)N1CCN(C)CC1. The van der Waals surface area contributed by atoms with Gasteiger partial charge in [-0.15, -0.1) is 5.10 Å². The number of aromatic nitrogens is 5. The molecule has 0 spiro atoms. The highest BCUT2D eigenvalue weighted by molar-refractivity contribution is 5.83. The molecule has 0 saturated carbocycles. The number of fused-ring (bicyclic) bond motifs is 2. The maximum atomic E-state index is 13.4. The Morgan fingerprint density at radius 1 is 1.12 bits per heavy atom. The summed E-state index contributed by atoms with van der Waals surface area (Å²) in [6.45, 7) is 9.99. The smallest absolute Gasteiger partial charge is 0.253 e. The zero-order valence-corrected chi connectivity index (χ0v) is 19.0. The van der Waals surface area contributed by atoms with E-state index in [1.54, 1.807) is 0 Å². The molecule has 1 saturated heterocycles. The lowest BCUT2D eigenvalue weighted by Gasteiger charge is -2.38. The Morgan fingerprint density at radius 2 is 1.84 bits per heavy atom. The lowest BCUT2D eigenvalue weighted by molar-refractivity contribution is 0.117. The largest absolute Gasteiger partial charge is 0.454 e. The molecule has 0 aliphatic carbocycles. The van der Waals surface area contributed by atoms with E-state index in [9.17, 15) is 4.79 Å². The number of hydrogen-bond donors (Lipinski definition) is 1. The molecule has 2 aliphatic rings. The van der Waals surface area contributed by atoms with Crippen LogP contribution in [-0.2, 0) is 5.54 Å². The van der Waals surface area contributed by atoms with Gasteiger partial charge in [0.05, 0.1) is 11.1 Å². The summed E-state index contributed by atoms with van der Waals surface area (Å²) < 4.78 is 12.9. The normalized spacial score (nSPS) is 18.4. The van der Waals surface area contributed by atoms with Crippen molar-refractivity contribution in [3.05, 3.63) is 39.9 Å². The molecule has 1 atom stereocenters. The Labute approximate surface area is 186 Å². The number of pyridine rings is 1. The van der Waals surface area contributed by atoms with Gasteiger partial charge in [0.2, 0.25) is 6.79 Å². The van der Waals surface area contributed by atoms with Crippen molar-refractivity contribution in [2.75, 3.05) is 40.0 Å². The number of benzene rings is 1. The van der Waals surface area contributed by atoms with E-state index in [0.717, 1.165) is 38.0 Å². The second kappa shape index (κ2) is 7.86. The highest BCUT2D eigenvalue weighted by atomic mass is 16.7. The maximum Gasteiger partial charge on any atom is 0.253 e. The molecule has 170 valence electrons. The minimum Gasteiger partial charge on any atom is -0.454 e. The van der Waals surface area contributed by atoms with Crippen molar-refractivity contribution in [2.24, 2.45) is 0 Å². The highest BCUT2D eigenvalue weighted by Gasteiger charge is 2.35. The van der Waals surface area contributed by atoms with E-state index in [1.165, 1.54) is 0 Å². The van der Waals surface area contributed by atoms with Crippen LogP contribution in [0.4, 0.5) is 0 Å². The Kier molecular flexibility index (Phi) is 5.13. The molecule has 0 radical (unpaired) electrons. The predicted molar refractivity (Wildman–Crippen MR) is 119 cm³/mol. The fraction of sp³-hybridized carbons (Fsp3) is 0.545. The van der Waals surface area contributed by atoms with Crippen LogP contribution in [0, 0.1) is 0 Å². The number of hydrogen-bond acceptors (Lipinski definition) is 8. The lowest BCUT2D eigenvalue weighted by atomic mass is 9.99. The van der Waals surface area contributed by atoms with Crippen LogP contribution in [0.3, 0.4) is 0 Å². The summed E-state index contributed by atoms with van der Waals surface area (Å²) in [7, 11) is 2.11. The Bertz CT molecular complexity index is 1190. The van der Waals surface area contributed by atoms with E-state index in [4.69, 9.17) is 9.47 Å². The van der Waals surface area contributed by atoms with Gasteiger partial charge in [-0.25, -0.2) is 4.68 Å². The number of aromatic amines is 1. The number of ether oxygens (including phenoxy) is 2. The van der Waals surface area contributed by atoms with Crippen molar-refractivity contribution in [3.8, 4) is 11.5 Å². The van der Waals surface area contributed by atoms with Crippen molar-refractivity contribution in [2.45, 2.75) is 38.8 Å². The number of piperazine rings is 1. The van der Waals surface area contributed by atoms with Crippen LogP contribution in [0.5, 0.6) is 11.5 Å². The topological polar surface area (TPSA) is 101 Å². The summed E-state index contributed by atoms with van der Waals surface area (Å²) in [6.07, 6.45) is 0.859. The van der Waals surface area contributed by atoms with Crippen LogP contribution in [-0.4, -0.2) is 75.0 Å². The van der Waals surface area contributed by atoms with E-state index in [1.807, 2.05) is 22.9 Å². The van der Waals surface area contributed by atoms with Crippen LogP contribution >= 0.6 is 0 Å². The zero-order valence-electron chi connectivity index (χ0n) is 19.0. The molecule has 3 aromatic rings. The van der Waals surface area contributed by atoms with Gasteiger partial charge in [-0.3, -0.25) is 9.69 Å². The Morgan fingerprint density at radius 3 is 2.56 bits per heavy atom. The molecule has 1 N–H and O–H groups in total. The summed E-state index contributed by atoms with van der Waals surface area (Å²) in [6, 6.07) is 5.31. The third-order valence-electron chi connectivity index (χ3n) is 6.74. The Balaban J connectivity index is 1.67. The molecule has 1 fully saturated rings. The van der Waals surface area contributed by atoms with Gasteiger partial charge in [0, 0.05) is 43.2 Å². The molecule has 10 heteroatoms. The highest BCUT2D eigenvalue weighted by Crippen LogP contribution is 2.37. The molecular formula is C22H29N7O3. The van der Waals surface area contributed by atoms with E-state index in [0.29, 0.717) is 28.4 Å². The van der Waals surface area contributed by atoms with Gasteiger partial charge in [-0.05, 0) is 49.9 Å². The van der Waals surface area contributed by atoms with Gasteiger partial charge in [0.25, 0.3) is 5.56 Å². The van der Waals surface area contributed by atoms with Crippen LogP contribution in [0.1, 0.15) is 44.6 Å². The van der Waals surface area contributed by atoms with Crippen LogP contribution in [0.2, 0.25) is 0 Å². The average molecular weight is 440 g/mol. The minimum absolute atomic E-state index is 0.149.